The SMILES string of the molecule is Cc1cc(C)n(CCCNC(=O)C2CCCNC2)n1. The molecule has 106 valence electrons. The molecule has 0 bridgehead atoms. The van der Waals surface area contributed by atoms with Gasteiger partial charge < -0.3 is 10.6 Å². The van der Waals surface area contributed by atoms with Crippen LogP contribution >= 0.6 is 0 Å². The Morgan fingerprint density at radius 3 is 3.05 bits per heavy atom. The van der Waals surface area contributed by atoms with Gasteiger partial charge in [0, 0.05) is 25.3 Å². The third kappa shape index (κ3) is 4.06. The first-order valence-electron chi connectivity index (χ1n) is 7.16. The molecule has 0 saturated carbocycles. The van der Waals surface area contributed by atoms with Crippen LogP contribution in [0.1, 0.15) is 30.7 Å². The highest BCUT2D eigenvalue weighted by Crippen LogP contribution is 2.09. The van der Waals surface area contributed by atoms with Crippen LogP contribution in [0, 0.1) is 19.8 Å². The minimum atomic E-state index is 0.155. The monoisotopic (exact) mass is 264 g/mol. The lowest BCUT2D eigenvalue weighted by Gasteiger charge is -2.21. The molecule has 1 aliphatic heterocycles. The van der Waals surface area contributed by atoms with Crippen molar-refractivity contribution in [1.29, 1.82) is 0 Å². The number of carbonyl (C=O) groups excluding carboxylic acids is 1. The van der Waals surface area contributed by atoms with Gasteiger partial charge in [-0.3, -0.25) is 9.48 Å². The van der Waals surface area contributed by atoms with Crippen LogP contribution < -0.4 is 10.6 Å². The van der Waals surface area contributed by atoms with Crippen molar-refractivity contribution in [3.63, 3.8) is 0 Å². The van der Waals surface area contributed by atoms with E-state index in [4.69, 9.17) is 0 Å². The van der Waals surface area contributed by atoms with Gasteiger partial charge in [-0.15, -0.1) is 0 Å². The Kier molecular flexibility index (Phi) is 4.96. The van der Waals surface area contributed by atoms with Crippen LogP contribution in [-0.4, -0.2) is 35.3 Å². The molecule has 0 radical (unpaired) electrons. The van der Waals surface area contributed by atoms with E-state index in [1.54, 1.807) is 0 Å². The highest BCUT2D eigenvalue weighted by atomic mass is 16.1. The molecule has 2 rings (SSSR count). The third-order valence-electron chi connectivity index (χ3n) is 3.62. The fraction of sp³-hybridized carbons (Fsp3) is 0.714. The lowest BCUT2D eigenvalue weighted by atomic mass is 9.99. The van der Waals surface area contributed by atoms with Crippen molar-refractivity contribution in [3.05, 3.63) is 17.5 Å². The summed E-state index contributed by atoms with van der Waals surface area (Å²) in [6, 6.07) is 2.08. The second-order valence-corrected chi connectivity index (χ2v) is 5.34. The molecule has 1 aliphatic rings. The number of aromatic nitrogens is 2. The van der Waals surface area contributed by atoms with Crippen molar-refractivity contribution in [3.8, 4) is 0 Å². The van der Waals surface area contributed by atoms with Gasteiger partial charge in [0.15, 0.2) is 0 Å². The van der Waals surface area contributed by atoms with Crippen molar-refractivity contribution in [2.45, 2.75) is 39.7 Å². The molecular formula is C14H24N4O. The predicted octanol–water partition coefficient (Wildman–Crippen LogP) is 1.01. The molecule has 1 fully saturated rings. The van der Waals surface area contributed by atoms with E-state index in [9.17, 15) is 4.79 Å². The lowest BCUT2D eigenvalue weighted by Crippen LogP contribution is -2.40. The zero-order chi connectivity index (χ0) is 13.7. The topological polar surface area (TPSA) is 59.0 Å². The maximum atomic E-state index is 11.9. The van der Waals surface area contributed by atoms with Crippen molar-refractivity contribution in [2.75, 3.05) is 19.6 Å². The Bertz CT molecular complexity index is 421. The fourth-order valence-electron chi connectivity index (χ4n) is 2.56. The van der Waals surface area contributed by atoms with E-state index in [0.717, 1.165) is 51.1 Å². The van der Waals surface area contributed by atoms with E-state index in [2.05, 4.69) is 28.7 Å². The molecule has 5 nitrogen and oxygen atoms in total. The van der Waals surface area contributed by atoms with E-state index >= 15 is 0 Å². The lowest BCUT2D eigenvalue weighted by molar-refractivity contribution is -0.125. The number of piperidine rings is 1. The summed E-state index contributed by atoms with van der Waals surface area (Å²) >= 11 is 0. The number of aryl methyl sites for hydroxylation is 3. The Morgan fingerprint density at radius 2 is 2.42 bits per heavy atom. The van der Waals surface area contributed by atoms with Gasteiger partial charge >= 0.3 is 0 Å². The van der Waals surface area contributed by atoms with E-state index in [1.807, 2.05) is 11.6 Å². The average Bonchev–Trinajstić information content (AvgIpc) is 2.74. The molecule has 1 aromatic heterocycles. The number of amides is 1. The van der Waals surface area contributed by atoms with Crippen LogP contribution in [0.2, 0.25) is 0 Å². The Hall–Kier alpha value is -1.36. The Morgan fingerprint density at radius 1 is 1.58 bits per heavy atom. The van der Waals surface area contributed by atoms with Gasteiger partial charge in [-0.2, -0.15) is 5.10 Å². The molecule has 5 heteroatoms. The summed E-state index contributed by atoms with van der Waals surface area (Å²) in [5, 5.41) is 10.7. The van der Waals surface area contributed by atoms with Crippen LogP contribution in [0.15, 0.2) is 6.07 Å². The molecule has 19 heavy (non-hydrogen) atoms. The summed E-state index contributed by atoms with van der Waals surface area (Å²) < 4.78 is 2.00. The third-order valence-corrected chi connectivity index (χ3v) is 3.62. The zero-order valence-electron chi connectivity index (χ0n) is 11.9. The highest BCUT2D eigenvalue weighted by molar-refractivity contribution is 5.78. The number of nitrogens with one attached hydrogen (secondary N) is 2. The van der Waals surface area contributed by atoms with Crippen LogP contribution in [0.25, 0.3) is 0 Å². The van der Waals surface area contributed by atoms with Gasteiger partial charge in [-0.25, -0.2) is 0 Å². The smallest absolute Gasteiger partial charge is 0.224 e. The van der Waals surface area contributed by atoms with Crippen molar-refractivity contribution < 1.29 is 4.79 Å². The van der Waals surface area contributed by atoms with Crippen LogP contribution in [0.5, 0.6) is 0 Å². The van der Waals surface area contributed by atoms with Crippen LogP contribution in [0.3, 0.4) is 0 Å². The standard InChI is InChI=1S/C14H24N4O/c1-11-9-12(2)18(17-11)8-4-7-16-14(19)13-5-3-6-15-10-13/h9,13,15H,3-8,10H2,1-2H3,(H,16,19). The van der Waals surface area contributed by atoms with E-state index in [1.165, 1.54) is 5.69 Å². The number of hydrogen-bond acceptors (Lipinski definition) is 3. The molecule has 1 atom stereocenters. The molecule has 2 N–H and O–H groups in total. The first-order chi connectivity index (χ1) is 9.16. The minimum absolute atomic E-state index is 0.155. The molecular weight excluding hydrogens is 240 g/mol. The molecule has 1 amide bonds. The highest BCUT2D eigenvalue weighted by Gasteiger charge is 2.19. The van der Waals surface area contributed by atoms with Crippen molar-refractivity contribution in [2.24, 2.45) is 5.92 Å². The molecule has 0 aromatic carbocycles. The average molecular weight is 264 g/mol. The molecule has 0 spiro atoms. The van der Waals surface area contributed by atoms with Gasteiger partial charge in [-0.1, -0.05) is 0 Å². The largest absolute Gasteiger partial charge is 0.356 e. The fourth-order valence-corrected chi connectivity index (χ4v) is 2.56. The van der Waals surface area contributed by atoms with Gasteiger partial charge in [0.2, 0.25) is 5.91 Å². The summed E-state index contributed by atoms with van der Waals surface area (Å²) in [6.45, 7) is 7.52. The molecule has 1 aromatic rings. The number of carbonyl (C=O) groups is 1. The predicted molar refractivity (Wildman–Crippen MR) is 74.9 cm³/mol. The van der Waals surface area contributed by atoms with Crippen LogP contribution in [0.4, 0.5) is 0 Å². The summed E-state index contributed by atoms with van der Waals surface area (Å²) in [6.07, 6.45) is 3.04. The summed E-state index contributed by atoms with van der Waals surface area (Å²) in [5.74, 6) is 0.350. The second-order valence-electron chi connectivity index (χ2n) is 5.34. The van der Waals surface area contributed by atoms with Crippen LogP contribution in [-0.2, 0) is 11.3 Å². The molecule has 2 heterocycles. The normalized spacial score (nSPS) is 19.4. The van der Waals surface area contributed by atoms with Crippen molar-refractivity contribution in [1.82, 2.24) is 20.4 Å². The molecule has 1 unspecified atom stereocenters. The zero-order valence-corrected chi connectivity index (χ0v) is 11.9. The van der Waals surface area contributed by atoms with E-state index < -0.39 is 0 Å². The second kappa shape index (κ2) is 6.70. The van der Waals surface area contributed by atoms with E-state index in [-0.39, 0.29) is 11.8 Å². The van der Waals surface area contributed by atoms with Gasteiger partial charge in [-0.05, 0) is 45.7 Å². The van der Waals surface area contributed by atoms with Gasteiger partial charge in [0.25, 0.3) is 0 Å². The maximum Gasteiger partial charge on any atom is 0.224 e. The minimum Gasteiger partial charge on any atom is -0.356 e. The quantitative estimate of drug-likeness (QED) is 0.780. The summed E-state index contributed by atoms with van der Waals surface area (Å²) in [4.78, 5) is 11.9. The number of rotatable bonds is 5. The Balaban J connectivity index is 1.66. The Labute approximate surface area is 114 Å². The maximum absolute atomic E-state index is 11.9. The number of hydrogen-bond donors (Lipinski definition) is 2. The first-order valence-corrected chi connectivity index (χ1v) is 7.16. The summed E-state index contributed by atoms with van der Waals surface area (Å²) in [7, 11) is 0. The van der Waals surface area contributed by atoms with Gasteiger partial charge in [0.05, 0.1) is 11.6 Å². The van der Waals surface area contributed by atoms with E-state index in [0.29, 0.717) is 0 Å². The molecule has 0 aliphatic carbocycles. The number of nitrogens with zero attached hydrogens (tertiary/aromatic N) is 2. The molecule has 1 saturated heterocycles. The first kappa shape index (κ1) is 14.1. The summed E-state index contributed by atoms with van der Waals surface area (Å²) in [5.41, 5.74) is 2.23. The van der Waals surface area contributed by atoms with Gasteiger partial charge in [0.1, 0.15) is 0 Å². The van der Waals surface area contributed by atoms with Crippen molar-refractivity contribution >= 4 is 5.91 Å².